The van der Waals surface area contributed by atoms with Crippen LogP contribution in [0.15, 0.2) is 22.6 Å². The third-order valence-corrected chi connectivity index (χ3v) is 5.01. The van der Waals surface area contributed by atoms with Crippen molar-refractivity contribution in [3.05, 3.63) is 28.1 Å². The molecule has 1 saturated heterocycles. The van der Waals surface area contributed by atoms with Gasteiger partial charge < -0.3 is 9.80 Å². The number of carbonyl (C=O) groups is 2. The van der Waals surface area contributed by atoms with Crippen molar-refractivity contribution in [1.82, 2.24) is 19.4 Å². The minimum atomic E-state index is -0.191. The van der Waals surface area contributed by atoms with Gasteiger partial charge in [0.15, 0.2) is 0 Å². The average Bonchev–Trinajstić information content (AvgIpc) is 3.06. The fourth-order valence-electron chi connectivity index (χ4n) is 2.79. The van der Waals surface area contributed by atoms with E-state index >= 15 is 0 Å². The molecular formula is C16H20N4O3S. The third kappa shape index (κ3) is 3.19. The highest BCUT2D eigenvalue weighted by Crippen LogP contribution is 2.13. The lowest BCUT2D eigenvalue weighted by atomic mass is 10.1. The van der Waals surface area contributed by atoms with Gasteiger partial charge in [0.1, 0.15) is 11.4 Å². The van der Waals surface area contributed by atoms with E-state index in [1.807, 2.05) is 19.2 Å². The topological polar surface area (TPSA) is 75.5 Å². The number of hydrogen-bond acceptors (Lipinski definition) is 5. The lowest BCUT2D eigenvalue weighted by molar-refractivity contribution is -0.141. The molecule has 0 bridgehead atoms. The zero-order valence-electron chi connectivity index (χ0n) is 13.8. The number of piperazine rings is 1. The predicted molar refractivity (Wildman–Crippen MR) is 91.9 cm³/mol. The molecule has 0 atom stereocenters. The van der Waals surface area contributed by atoms with Gasteiger partial charge in [0.25, 0.3) is 5.56 Å². The largest absolute Gasteiger partial charge is 0.339 e. The Kier molecular flexibility index (Phi) is 4.66. The van der Waals surface area contributed by atoms with E-state index in [9.17, 15) is 14.4 Å². The molecule has 2 aromatic rings. The Morgan fingerprint density at radius 2 is 1.88 bits per heavy atom. The Morgan fingerprint density at radius 3 is 2.54 bits per heavy atom. The van der Waals surface area contributed by atoms with Crippen molar-refractivity contribution in [2.45, 2.75) is 20.4 Å². The molecule has 128 valence electrons. The van der Waals surface area contributed by atoms with Crippen molar-refractivity contribution in [3.63, 3.8) is 0 Å². The van der Waals surface area contributed by atoms with Gasteiger partial charge in [-0.3, -0.25) is 19.0 Å². The van der Waals surface area contributed by atoms with E-state index < -0.39 is 0 Å². The van der Waals surface area contributed by atoms with E-state index in [2.05, 4.69) is 4.98 Å². The van der Waals surface area contributed by atoms with Crippen LogP contribution in [0.2, 0.25) is 0 Å². The summed E-state index contributed by atoms with van der Waals surface area (Å²) >= 11 is 1.41. The van der Waals surface area contributed by atoms with E-state index in [0.29, 0.717) is 36.4 Å². The van der Waals surface area contributed by atoms with Gasteiger partial charge >= 0.3 is 0 Å². The van der Waals surface area contributed by atoms with Gasteiger partial charge in [0.05, 0.1) is 11.7 Å². The van der Waals surface area contributed by atoms with Gasteiger partial charge in [0, 0.05) is 32.1 Å². The summed E-state index contributed by atoms with van der Waals surface area (Å²) < 4.78 is 1.35. The molecule has 1 aliphatic rings. The van der Waals surface area contributed by atoms with E-state index in [1.165, 1.54) is 22.2 Å². The van der Waals surface area contributed by atoms with Crippen LogP contribution in [0.1, 0.15) is 13.8 Å². The quantitative estimate of drug-likeness (QED) is 0.822. The lowest BCUT2D eigenvalue weighted by Gasteiger charge is -2.35. The van der Waals surface area contributed by atoms with Crippen LogP contribution in [0.5, 0.6) is 0 Å². The zero-order valence-corrected chi connectivity index (χ0v) is 14.6. The Balaban J connectivity index is 1.64. The van der Waals surface area contributed by atoms with Crippen molar-refractivity contribution < 1.29 is 9.59 Å². The summed E-state index contributed by atoms with van der Waals surface area (Å²) in [6, 6.07) is 1.73. The van der Waals surface area contributed by atoms with Gasteiger partial charge in [-0.1, -0.05) is 13.8 Å². The maximum Gasteiger partial charge on any atom is 0.262 e. The maximum absolute atomic E-state index is 12.4. The van der Waals surface area contributed by atoms with Gasteiger partial charge in [-0.15, -0.1) is 11.3 Å². The van der Waals surface area contributed by atoms with Crippen LogP contribution in [0.3, 0.4) is 0 Å². The summed E-state index contributed by atoms with van der Waals surface area (Å²) in [5.41, 5.74) is -0.191. The SMILES string of the molecule is CC(C)C(=O)N1CCN(C(=O)Cn2cnc3sccc3c2=O)CC1. The van der Waals surface area contributed by atoms with E-state index in [4.69, 9.17) is 0 Å². The summed E-state index contributed by atoms with van der Waals surface area (Å²) in [6.07, 6.45) is 1.43. The number of carbonyl (C=O) groups excluding carboxylic acids is 2. The monoisotopic (exact) mass is 348 g/mol. The molecule has 2 aromatic heterocycles. The Hall–Kier alpha value is -2.22. The summed E-state index contributed by atoms with van der Waals surface area (Å²) in [6.45, 7) is 5.81. The van der Waals surface area contributed by atoms with Crippen molar-refractivity contribution in [3.8, 4) is 0 Å². The summed E-state index contributed by atoms with van der Waals surface area (Å²) in [5.74, 6) is -0.0372. The molecule has 0 aromatic carbocycles. The molecule has 1 aliphatic heterocycles. The summed E-state index contributed by atoms with van der Waals surface area (Å²) in [7, 11) is 0. The molecule has 2 amide bonds. The predicted octanol–water partition coefficient (Wildman–Crippen LogP) is 0.785. The second kappa shape index (κ2) is 6.72. The molecule has 1 fully saturated rings. The van der Waals surface area contributed by atoms with Crippen molar-refractivity contribution in [1.29, 1.82) is 0 Å². The van der Waals surface area contributed by atoms with Gasteiger partial charge in [-0.25, -0.2) is 4.98 Å². The molecule has 0 unspecified atom stereocenters. The van der Waals surface area contributed by atoms with Crippen molar-refractivity contribution in [2.24, 2.45) is 5.92 Å². The second-order valence-corrected chi connectivity index (χ2v) is 7.07. The van der Waals surface area contributed by atoms with Crippen LogP contribution in [-0.4, -0.2) is 57.3 Å². The first-order valence-electron chi connectivity index (χ1n) is 7.96. The van der Waals surface area contributed by atoms with Crippen LogP contribution in [-0.2, 0) is 16.1 Å². The minimum absolute atomic E-state index is 0.0181. The lowest BCUT2D eigenvalue weighted by Crippen LogP contribution is -2.52. The first-order valence-corrected chi connectivity index (χ1v) is 8.84. The molecule has 7 nitrogen and oxygen atoms in total. The average molecular weight is 348 g/mol. The number of rotatable bonds is 3. The molecule has 0 aliphatic carbocycles. The highest BCUT2D eigenvalue weighted by atomic mass is 32.1. The van der Waals surface area contributed by atoms with Crippen LogP contribution in [0.4, 0.5) is 0 Å². The fraction of sp³-hybridized carbons (Fsp3) is 0.500. The maximum atomic E-state index is 12.4. The molecule has 8 heteroatoms. The number of amides is 2. The Bertz CT molecular complexity index is 818. The molecule has 3 rings (SSSR count). The minimum Gasteiger partial charge on any atom is -0.339 e. The van der Waals surface area contributed by atoms with E-state index in [1.54, 1.807) is 15.9 Å². The Labute approximate surface area is 143 Å². The smallest absolute Gasteiger partial charge is 0.262 e. The normalized spacial score (nSPS) is 15.3. The van der Waals surface area contributed by atoms with Crippen LogP contribution >= 0.6 is 11.3 Å². The second-order valence-electron chi connectivity index (χ2n) is 6.18. The van der Waals surface area contributed by atoms with Gasteiger partial charge in [-0.2, -0.15) is 0 Å². The summed E-state index contributed by atoms with van der Waals surface area (Å²) in [4.78, 5) is 45.1. The molecule has 0 saturated carbocycles. The third-order valence-electron chi connectivity index (χ3n) is 4.19. The van der Waals surface area contributed by atoms with Crippen molar-refractivity contribution >= 4 is 33.4 Å². The van der Waals surface area contributed by atoms with Gasteiger partial charge in [0.2, 0.25) is 11.8 Å². The molecule has 0 N–H and O–H groups in total. The van der Waals surface area contributed by atoms with Gasteiger partial charge in [-0.05, 0) is 11.4 Å². The highest BCUT2D eigenvalue weighted by Gasteiger charge is 2.25. The first-order chi connectivity index (χ1) is 11.5. The summed E-state index contributed by atoms with van der Waals surface area (Å²) in [5, 5.41) is 2.36. The highest BCUT2D eigenvalue weighted by molar-refractivity contribution is 7.16. The van der Waals surface area contributed by atoms with Crippen LogP contribution < -0.4 is 5.56 Å². The van der Waals surface area contributed by atoms with Crippen molar-refractivity contribution in [2.75, 3.05) is 26.2 Å². The zero-order chi connectivity index (χ0) is 17.3. The molecule has 3 heterocycles. The number of thiophene rings is 1. The molecule has 0 spiro atoms. The molecule has 24 heavy (non-hydrogen) atoms. The Morgan fingerprint density at radius 1 is 1.21 bits per heavy atom. The van der Waals surface area contributed by atoms with E-state index in [-0.39, 0.29) is 29.8 Å². The fourth-order valence-corrected chi connectivity index (χ4v) is 3.52. The number of nitrogens with zero attached hydrogens (tertiary/aromatic N) is 4. The first kappa shape index (κ1) is 16.6. The number of aromatic nitrogens is 2. The number of hydrogen-bond donors (Lipinski definition) is 0. The van der Waals surface area contributed by atoms with Crippen LogP contribution in [0, 0.1) is 5.92 Å². The van der Waals surface area contributed by atoms with Crippen LogP contribution in [0.25, 0.3) is 10.2 Å². The van der Waals surface area contributed by atoms with E-state index in [0.717, 1.165) is 0 Å². The number of fused-ring (bicyclic) bond motifs is 1. The molecular weight excluding hydrogens is 328 g/mol. The standard InChI is InChI=1S/C16H20N4O3S/c1-11(2)15(22)19-6-4-18(5-7-19)13(21)9-20-10-17-14-12(16(20)23)3-8-24-14/h3,8,10-11H,4-7,9H2,1-2H3. The molecule has 0 radical (unpaired) electrons.